The van der Waals surface area contributed by atoms with Gasteiger partial charge in [-0.25, -0.2) is 0 Å². The molecule has 0 saturated carbocycles. The third-order valence-electron chi connectivity index (χ3n) is 5.15. The van der Waals surface area contributed by atoms with Crippen LogP contribution < -0.4 is 0 Å². The van der Waals surface area contributed by atoms with Crippen molar-refractivity contribution in [2.45, 2.75) is 73.6 Å². The van der Waals surface area contributed by atoms with Crippen LogP contribution in [0, 0.1) is 11.3 Å². The van der Waals surface area contributed by atoms with E-state index >= 15 is 0 Å². The molecule has 0 bridgehead atoms. The van der Waals surface area contributed by atoms with Gasteiger partial charge in [-0.2, -0.15) is 0 Å². The summed E-state index contributed by atoms with van der Waals surface area (Å²) in [4.78, 5) is 12.2. The number of Topliss-reactive ketones (excluding diaryl/α,β-unsaturated/α-hetero) is 1. The van der Waals surface area contributed by atoms with Crippen LogP contribution in [0.4, 0.5) is 0 Å². The Morgan fingerprint density at radius 3 is 2.12 bits per heavy atom. The van der Waals surface area contributed by atoms with E-state index in [1.165, 1.54) is 0 Å². The van der Waals surface area contributed by atoms with Crippen molar-refractivity contribution in [2.24, 2.45) is 11.3 Å². The summed E-state index contributed by atoms with van der Waals surface area (Å²) >= 11 is 0. The molecule has 0 amide bonds. The van der Waals surface area contributed by atoms with Gasteiger partial charge in [0.25, 0.3) is 0 Å². The molecule has 2 nitrogen and oxygen atoms in total. The van der Waals surface area contributed by atoms with Crippen LogP contribution in [0.1, 0.15) is 72.1 Å². The van der Waals surface area contributed by atoms with Gasteiger partial charge in [0.1, 0.15) is 5.75 Å². The van der Waals surface area contributed by atoms with Gasteiger partial charge in [0.05, 0.1) is 0 Å². The van der Waals surface area contributed by atoms with E-state index < -0.39 is 0 Å². The number of rotatable bonds is 6. The predicted octanol–water partition coefficient (Wildman–Crippen LogP) is 6.16. The van der Waals surface area contributed by atoms with E-state index in [1.54, 1.807) is 13.0 Å². The molecule has 0 heterocycles. The van der Waals surface area contributed by atoms with Crippen molar-refractivity contribution >= 4 is 5.78 Å². The lowest BCUT2D eigenvalue weighted by atomic mass is 9.79. The molecule has 1 rings (SSSR count). The number of allylic oxidation sites excluding steroid dienone is 3. The Bertz CT molecular complexity index is 694. The van der Waals surface area contributed by atoms with Gasteiger partial charge < -0.3 is 5.11 Å². The van der Waals surface area contributed by atoms with Gasteiger partial charge in [-0.15, -0.1) is 6.58 Å². The number of hydrogen-bond donors (Lipinski definition) is 1. The number of phenolic OH excluding ortho intramolecular Hbond substituents is 1. The summed E-state index contributed by atoms with van der Waals surface area (Å²) in [7, 11) is 0. The van der Waals surface area contributed by atoms with Crippen LogP contribution in [0.5, 0.6) is 5.75 Å². The van der Waals surface area contributed by atoms with Gasteiger partial charge in [0.15, 0.2) is 5.78 Å². The van der Waals surface area contributed by atoms with E-state index in [0.717, 1.165) is 22.3 Å². The van der Waals surface area contributed by atoms with Crippen LogP contribution in [0.3, 0.4) is 0 Å². The van der Waals surface area contributed by atoms with Crippen LogP contribution in [-0.2, 0) is 23.1 Å². The normalized spacial score (nSPS) is 14.2. The van der Waals surface area contributed by atoms with Crippen LogP contribution in [-0.4, -0.2) is 10.9 Å². The monoisotopic (exact) mass is 356 g/mol. The highest BCUT2D eigenvalue weighted by Crippen LogP contribution is 2.34. The molecular formula is C24H36O2. The second-order valence-corrected chi connectivity index (χ2v) is 9.47. The molecular weight excluding hydrogens is 320 g/mol. The zero-order chi connectivity index (χ0) is 20.3. The Balaban J connectivity index is 3.43. The largest absolute Gasteiger partial charge is 0.507 e. The molecule has 0 aromatic heterocycles. The van der Waals surface area contributed by atoms with Gasteiger partial charge in [-0.05, 0) is 52.4 Å². The Morgan fingerprint density at radius 1 is 1.15 bits per heavy atom. The number of carbonyl (C=O) groups excluding carboxylic acids is 1. The molecule has 0 aliphatic carbocycles. The van der Waals surface area contributed by atoms with Crippen molar-refractivity contribution in [3.63, 3.8) is 0 Å². The molecule has 144 valence electrons. The second-order valence-electron chi connectivity index (χ2n) is 9.47. The Kier molecular flexibility index (Phi) is 7.04. The standard InChI is InChI=1S/C24H36O2/c1-10-11-18-14-21(24(7,8)9)15-20(22(18)26)13-19(17(3)25)12-16(2)23(4,5)6/h10,12,14-16,26H,1,11,13H2,2-9H3/b19-12-. The lowest BCUT2D eigenvalue weighted by Gasteiger charge is -2.26. The number of phenols is 1. The Morgan fingerprint density at radius 2 is 1.69 bits per heavy atom. The fraction of sp³-hybridized carbons (Fsp3) is 0.542. The minimum Gasteiger partial charge on any atom is -0.507 e. The van der Waals surface area contributed by atoms with Crippen molar-refractivity contribution < 1.29 is 9.90 Å². The summed E-state index contributed by atoms with van der Waals surface area (Å²) in [5, 5.41) is 10.7. The lowest BCUT2D eigenvalue weighted by Crippen LogP contribution is -2.17. The first kappa shape index (κ1) is 22.2. The number of carbonyl (C=O) groups is 1. The maximum absolute atomic E-state index is 12.2. The highest BCUT2D eigenvalue weighted by molar-refractivity contribution is 5.93. The van der Waals surface area contributed by atoms with E-state index in [0.29, 0.717) is 12.8 Å². The fourth-order valence-electron chi connectivity index (χ4n) is 2.70. The molecule has 0 radical (unpaired) electrons. The van der Waals surface area contributed by atoms with Gasteiger partial charge in [-0.1, -0.05) is 72.8 Å². The van der Waals surface area contributed by atoms with Crippen LogP contribution in [0.15, 0.2) is 36.4 Å². The molecule has 0 aliphatic rings. The maximum Gasteiger partial charge on any atom is 0.155 e. The highest BCUT2D eigenvalue weighted by atomic mass is 16.3. The molecule has 1 aromatic carbocycles. The minimum absolute atomic E-state index is 0.0306. The summed E-state index contributed by atoms with van der Waals surface area (Å²) in [5.74, 6) is 0.613. The van der Waals surface area contributed by atoms with Gasteiger partial charge in [0.2, 0.25) is 0 Å². The molecule has 1 unspecified atom stereocenters. The zero-order valence-corrected chi connectivity index (χ0v) is 17.9. The van der Waals surface area contributed by atoms with Crippen LogP contribution in [0.2, 0.25) is 0 Å². The first-order valence-electron chi connectivity index (χ1n) is 9.45. The summed E-state index contributed by atoms with van der Waals surface area (Å²) in [6, 6.07) is 4.09. The number of benzene rings is 1. The van der Waals surface area contributed by atoms with Crippen molar-refractivity contribution in [1.29, 1.82) is 0 Å². The van der Waals surface area contributed by atoms with Gasteiger partial charge >= 0.3 is 0 Å². The first-order chi connectivity index (χ1) is 11.8. The van der Waals surface area contributed by atoms with Crippen molar-refractivity contribution in [1.82, 2.24) is 0 Å². The van der Waals surface area contributed by atoms with Crippen LogP contribution >= 0.6 is 0 Å². The topological polar surface area (TPSA) is 37.3 Å². The average Bonchev–Trinajstić information content (AvgIpc) is 2.47. The molecule has 1 atom stereocenters. The van der Waals surface area contributed by atoms with Gasteiger partial charge in [-0.3, -0.25) is 4.79 Å². The van der Waals surface area contributed by atoms with Crippen molar-refractivity contribution in [2.75, 3.05) is 0 Å². The maximum atomic E-state index is 12.2. The summed E-state index contributed by atoms with van der Waals surface area (Å²) in [6.07, 6.45) is 4.93. The zero-order valence-electron chi connectivity index (χ0n) is 17.9. The number of hydrogen-bond acceptors (Lipinski definition) is 2. The van der Waals surface area contributed by atoms with Crippen molar-refractivity contribution in [3.05, 3.63) is 53.1 Å². The SMILES string of the molecule is C=CCc1cc(C(C)(C)C)cc(C/C(=C/C(C)C(C)(C)C)C(C)=O)c1O. The van der Waals surface area contributed by atoms with Gasteiger partial charge in [0, 0.05) is 6.42 Å². The Hall–Kier alpha value is -1.83. The Labute approximate surface area is 160 Å². The number of aromatic hydroxyl groups is 1. The van der Waals surface area contributed by atoms with E-state index in [9.17, 15) is 9.90 Å². The van der Waals surface area contributed by atoms with E-state index in [1.807, 2.05) is 6.07 Å². The lowest BCUT2D eigenvalue weighted by molar-refractivity contribution is -0.113. The molecule has 0 fully saturated rings. The smallest absolute Gasteiger partial charge is 0.155 e. The predicted molar refractivity (Wildman–Crippen MR) is 112 cm³/mol. The number of ketones is 1. The second kappa shape index (κ2) is 8.24. The molecule has 1 N–H and O–H groups in total. The highest BCUT2D eigenvalue weighted by Gasteiger charge is 2.22. The third-order valence-corrected chi connectivity index (χ3v) is 5.15. The fourth-order valence-corrected chi connectivity index (χ4v) is 2.70. The third kappa shape index (κ3) is 5.86. The van der Waals surface area contributed by atoms with E-state index in [2.05, 4.69) is 67.2 Å². The molecule has 0 aliphatic heterocycles. The van der Waals surface area contributed by atoms with Crippen LogP contribution in [0.25, 0.3) is 0 Å². The first-order valence-corrected chi connectivity index (χ1v) is 9.45. The molecule has 0 saturated heterocycles. The van der Waals surface area contributed by atoms with Crippen molar-refractivity contribution in [3.8, 4) is 5.75 Å². The molecule has 0 spiro atoms. The molecule has 26 heavy (non-hydrogen) atoms. The summed E-state index contributed by atoms with van der Waals surface area (Å²) in [6.45, 7) is 20.5. The minimum atomic E-state index is -0.0306. The summed E-state index contributed by atoms with van der Waals surface area (Å²) in [5.41, 5.74) is 3.67. The van der Waals surface area contributed by atoms with E-state index in [-0.39, 0.29) is 28.3 Å². The molecule has 1 aromatic rings. The van der Waals surface area contributed by atoms with E-state index in [4.69, 9.17) is 0 Å². The quantitative estimate of drug-likeness (QED) is 0.489. The average molecular weight is 357 g/mol. The summed E-state index contributed by atoms with van der Waals surface area (Å²) < 4.78 is 0. The molecule has 2 heteroatoms.